The zero-order valence-corrected chi connectivity index (χ0v) is 12.8. The Bertz CT molecular complexity index is 305. The number of hydrogen-bond donors (Lipinski definition) is 2. The van der Waals surface area contributed by atoms with E-state index in [1.807, 2.05) is 11.8 Å². The Morgan fingerprint density at radius 3 is 2.74 bits per heavy atom. The van der Waals surface area contributed by atoms with E-state index in [0.29, 0.717) is 18.3 Å². The van der Waals surface area contributed by atoms with E-state index in [2.05, 4.69) is 12.2 Å². The van der Waals surface area contributed by atoms with Crippen molar-refractivity contribution in [3.8, 4) is 0 Å². The van der Waals surface area contributed by atoms with Crippen molar-refractivity contribution in [2.75, 3.05) is 18.1 Å². The number of aliphatic hydroxyl groups is 1. The molecular formula is C15H27NO2S. The van der Waals surface area contributed by atoms with Crippen LogP contribution < -0.4 is 5.32 Å². The lowest BCUT2D eigenvalue weighted by Gasteiger charge is -2.39. The molecule has 1 heterocycles. The summed E-state index contributed by atoms with van der Waals surface area (Å²) in [4.78, 5) is 12.2. The van der Waals surface area contributed by atoms with Gasteiger partial charge in [0.2, 0.25) is 5.91 Å². The third kappa shape index (κ3) is 4.38. The molecule has 0 aromatic carbocycles. The fourth-order valence-corrected chi connectivity index (χ4v) is 4.72. The Balaban J connectivity index is 1.84. The molecule has 0 aromatic heterocycles. The summed E-state index contributed by atoms with van der Waals surface area (Å²) < 4.78 is 0. The molecular weight excluding hydrogens is 258 g/mol. The van der Waals surface area contributed by atoms with Gasteiger partial charge >= 0.3 is 0 Å². The standard InChI is InChI=1S/C15H27NO2S/c1-12-3-2-6-15(10-12,11-17)16-14(18)9-13-4-7-19-8-5-13/h12-13,17H,2-11H2,1H3,(H,16,18). The highest BCUT2D eigenvalue weighted by Gasteiger charge is 2.36. The first-order chi connectivity index (χ1) is 9.13. The second-order valence-corrected chi connectivity index (χ2v) is 7.67. The normalized spacial score (nSPS) is 33.1. The highest BCUT2D eigenvalue weighted by atomic mass is 32.2. The lowest BCUT2D eigenvalue weighted by Crippen LogP contribution is -2.54. The van der Waals surface area contributed by atoms with Gasteiger partial charge in [0.15, 0.2) is 0 Å². The zero-order valence-electron chi connectivity index (χ0n) is 12.0. The number of rotatable bonds is 4. The van der Waals surface area contributed by atoms with Crippen LogP contribution in [0.3, 0.4) is 0 Å². The first-order valence-corrected chi connectivity index (χ1v) is 8.79. The average molecular weight is 285 g/mol. The summed E-state index contributed by atoms with van der Waals surface area (Å²) in [6.07, 6.45) is 7.17. The summed E-state index contributed by atoms with van der Waals surface area (Å²) in [5.41, 5.74) is -0.335. The van der Waals surface area contributed by atoms with Crippen molar-refractivity contribution in [2.24, 2.45) is 11.8 Å². The quantitative estimate of drug-likeness (QED) is 0.834. The van der Waals surface area contributed by atoms with E-state index in [9.17, 15) is 9.90 Å². The van der Waals surface area contributed by atoms with Gasteiger partial charge in [-0.15, -0.1) is 0 Å². The fraction of sp³-hybridized carbons (Fsp3) is 0.933. The van der Waals surface area contributed by atoms with Crippen LogP contribution in [0.1, 0.15) is 51.9 Å². The molecule has 1 saturated heterocycles. The van der Waals surface area contributed by atoms with Crippen LogP contribution in [0.2, 0.25) is 0 Å². The van der Waals surface area contributed by atoms with E-state index >= 15 is 0 Å². The largest absolute Gasteiger partial charge is 0.394 e. The number of carbonyl (C=O) groups is 1. The average Bonchev–Trinajstić information content (AvgIpc) is 2.39. The van der Waals surface area contributed by atoms with Crippen LogP contribution in [0, 0.1) is 11.8 Å². The lowest BCUT2D eigenvalue weighted by atomic mass is 9.76. The molecule has 2 atom stereocenters. The molecule has 4 heteroatoms. The summed E-state index contributed by atoms with van der Waals surface area (Å²) in [6.45, 7) is 2.30. The van der Waals surface area contributed by atoms with E-state index in [1.54, 1.807) is 0 Å². The Hall–Kier alpha value is -0.220. The lowest BCUT2D eigenvalue weighted by molar-refractivity contribution is -0.125. The maximum atomic E-state index is 12.2. The van der Waals surface area contributed by atoms with Crippen LogP contribution in [0.4, 0.5) is 0 Å². The van der Waals surface area contributed by atoms with Gasteiger partial charge in [0.1, 0.15) is 0 Å². The Labute approximate surface area is 120 Å². The number of thioether (sulfide) groups is 1. The van der Waals surface area contributed by atoms with Gasteiger partial charge in [-0.1, -0.05) is 19.8 Å². The number of aliphatic hydroxyl groups excluding tert-OH is 1. The molecule has 1 amide bonds. The summed E-state index contributed by atoms with van der Waals surface area (Å²) in [5.74, 6) is 3.70. The molecule has 19 heavy (non-hydrogen) atoms. The van der Waals surface area contributed by atoms with Crippen molar-refractivity contribution in [2.45, 2.75) is 57.4 Å². The SMILES string of the molecule is CC1CCCC(CO)(NC(=O)CC2CCSCC2)C1. The van der Waals surface area contributed by atoms with Crippen LogP contribution in [-0.4, -0.2) is 34.7 Å². The van der Waals surface area contributed by atoms with Gasteiger partial charge in [-0.05, 0) is 49.0 Å². The molecule has 2 fully saturated rings. The van der Waals surface area contributed by atoms with Crippen molar-refractivity contribution >= 4 is 17.7 Å². The van der Waals surface area contributed by atoms with Crippen LogP contribution in [0.25, 0.3) is 0 Å². The van der Waals surface area contributed by atoms with Crippen molar-refractivity contribution in [3.05, 3.63) is 0 Å². The smallest absolute Gasteiger partial charge is 0.220 e. The molecule has 0 aromatic rings. The molecule has 1 aliphatic heterocycles. The monoisotopic (exact) mass is 285 g/mol. The molecule has 110 valence electrons. The first kappa shape index (κ1) is 15.2. The van der Waals surface area contributed by atoms with Crippen LogP contribution in [-0.2, 0) is 4.79 Å². The van der Waals surface area contributed by atoms with Gasteiger partial charge in [-0.3, -0.25) is 4.79 Å². The predicted molar refractivity (Wildman–Crippen MR) is 80.3 cm³/mol. The molecule has 0 bridgehead atoms. The molecule has 3 nitrogen and oxygen atoms in total. The number of nitrogens with one attached hydrogen (secondary N) is 1. The summed E-state index contributed by atoms with van der Waals surface area (Å²) in [5, 5.41) is 12.9. The molecule has 2 N–H and O–H groups in total. The Kier molecular flexibility index (Phi) is 5.58. The minimum atomic E-state index is -0.335. The molecule has 2 rings (SSSR count). The highest BCUT2D eigenvalue weighted by Crippen LogP contribution is 2.32. The van der Waals surface area contributed by atoms with Crippen LogP contribution in [0.15, 0.2) is 0 Å². The van der Waals surface area contributed by atoms with Gasteiger partial charge in [0.05, 0.1) is 12.1 Å². The van der Waals surface area contributed by atoms with Gasteiger partial charge in [0.25, 0.3) is 0 Å². The van der Waals surface area contributed by atoms with Gasteiger partial charge in [-0.25, -0.2) is 0 Å². The maximum absolute atomic E-state index is 12.2. The fourth-order valence-electron chi connectivity index (χ4n) is 3.52. The summed E-state index contributed by atoms with van der Waals surface area (Å²) in [6, 6.07) is 0. The van der Waals surface area contributed by atoms with E-state index in [-0.39, 0.29) is 18.1 Å². The van der Waals surface area contributed by atoms with E-state index in [1.165, 1.54) is 30.8 Å². The van der Waals surface area contributed by atoms with Gasteiger partial charge in [0, 0.05) is 6.42 Å². The topological polar surface area (TPSA) is 49.3 Å². The van der Waals surface area contributed by atoms with Gasteiger partial charge < -0.3 is 10.4 Å². The minimum absolute atomic E-state index is 0.0869. The zero-order chi connectivity index (χ0) is 13.7. The third-order valence-electron chi connectivity index (χ3n) is 4.61. The van der Waals surface area contributed by atoms with E-state index < -0.39 is 0 Å². The molecule has 1 aliphatic carbocycles. The second-order valence-electron chi connectivity index (χ2n) is 6.45. The van der Waals surface area contributed by atoms with E-state index in [4.69, 9.17) is 0 Å². The molecule has 0 radical (unpaired) electrons. The number of amides is 1. The van der Waals surface area contributed by atoms with E-state index in [0.717, 1.165) is 19.3 Å². The predicted octanol–water partition coefficient (Wildman–Crippen LogP) is 2.58. The third-order valence-corrected chi connectivity index (χ3v) is 5.66. The summed E-state index contributed by atoms with van der Waals surface area (Å²) in [7, 11) is 0. The molecule has 0 spiro atoms. The summed E-state index contributed by atoms with van der Waals surface area (Å²) >= 11 is 1.99. The molecule has 2 aliphatic rings. The number of carbonyl (C=O) groups excluding carboxylic acids is 1. The Morgan fingerprint density at radius 1 is 1.37 bits per heavy atom. The van der Waals surface area contributed by atoms with Gasteiger partial charge in [-0.2, -0.15) is 11.8 Å². The van der Waals surface area contributed by atoms with Crippen molar-refractivity contribution in [1.29, 1.82) is 0 Å². The van der Waals surface area contributed by atoms with Crippen molar-refractivity contribution in [3.63, 3.8) is 0 Å². The second kappa shape index (κ2) is 6.98. The first-order valence-electron chi connectivity index (χ1n) is 7.63. The number of hydrogen-bond acceptors (Lipinski definition) is 3. The van der Waals surface area contributed by atoms with Crippen molar-refractivity contribution in [1.82, 2.24) is 5.32 Å². The van der Waals surface area contributed by atoms with Crippen LogP contribution in [0.5, 0.6) is 0 Å². The molecule has 1 saturated carbocycles. The minimum Gasteiger partial charge on any atom is -0.394 e. The van der Waals surface area contributed by atoms with Crippen molar-refractivity contribution < 1.29 is 9.90 Å². The highest BCUT2D eigenvalue weighted by molar-refractivity contribution is 7.99. The van der Waals surface area contributed by atoms with Crippen LogP contribution >= 0.6 is 11.8 Å². The molecule has 2 unspecified atom stereocenters. The Morgan fingerprint density at radius 2 is 2.11 bits per heavy atom. The maximum Gasteiger partial charge on any atom is 0.220 e.